The van der Waals surface area contributed by atoms with Crippen LogP contribution in [0, 0.1) is 19.8 Å². The van der Waals surface area contributed by atoms with Crippen LogP contribution in [0.2, 0.25) is 0 Å². The lowest BCUT2D eigenvalue weighted by Crippen LogP contribution is -2.42. The number of rotatable bonds is 7. The minimum Gasteiger partial charge on any atom is -0.355 e. The standard InChI is InChI=1S/C21H30N4O/c1-17-14-18(2)25(23-17)15-20-9-12-24(13-10-20)16-21(26)22-11-8-19-6-4-3-5-7-19/h3-7,14,20H,8-13,15-16H2,1-2H3,(H,22,26). The maximum Gasteiger partial charge on any atom is 0.234 e. The molecule has 2 aromatic rings. The summed E-state index contributed by atoms with van der Waals surface area (Å²) in [5, 5.41) is 7.61. The molecule has 3 rings (SSSR count). The zero-order valence-corrected chi connectivity index (χ0v) is 15.9. The van der Waals surface area contributed by atoms with Gasteiger partial charge >= 0.3 is 0 Å². The Balaban J connectivity index is 1.34. The number of likely N-dealkylation sites (tertiary alicyclic amines) is 1. The number of piperidine rings is 1. The molecule has 26 heavy (non-hydrogen) atoms. The van der Waals surface area contributed by atoms with E-state index in [9.17, 15) is 4.79 Å². The van der Waals surface area contributed by atoms with Crippen molar-refractivity contribution in [2.24, 2.45) is 5.92 Å². The van der Waals surface area contributed by atoms with E-state index in [0.29, 0.717) is 19.0 Å². The lowest BCUT2D eigenvalue weighted by molar-refractivity contribution is -0.122. The second-order valence-corrected chi connectivity index (χ2v) is 7.41. The molecule has 1 aliphatic heterocycles. The van der Waals surface area contributed by atoms with Crippen molar-refractivity contribution in [1.29, 1.82) is 0 Å². The summed E-state index contributed by atoms with van der Waals surface area (Å²) in [7, 11) is 0. The molecular formula is C21H30N4O. The van der Waals surface area contributed by atoms with E-state index in [0.717, 1.165) is 44.6 Å². The van der Waals surface area contributed by atoms with Gasteiger partial charge in [-0.3, -0.25) is 14.4 Å². The fourth-order valence-corrected chi connectivity index (χ4v) is 3.68. The molecule has 1 saturated heterocycles. The number of nitrogens with zero attached hydrogens (tertiary/aromatic N) is 3. The quantitative estimate of drug-likeness (QED) is 0.831. The number of carbonyl (C=O) groups is 1. The van der Waals surface area contributed by atoms with Crippen LogP contribution in [-0.4, -0.2) is 46.8 Å². The van der Waals surface area contributed by atoms with E-state index in [1.54, 1.807) is 0 Å². The van der Waals surface area contributed by atoms with Crippen LogP contribution in [0.15, 0.2) is 36.4 Å². The van der Waals surface area contributed by atoms with Gasteiger partial charge in [-0.2, -0.15) is 5.10 Å². The van der Waals surface area contributed by atoms with Crippen molar-refractivity contribution in [2.75, 3.05) is 26.2 Å². The molecule has 0 radical (unpaired) electrons. The summed E-state index contributed by atoms with van der Waals surface area (Å²) in [4.78, 5) is 14.4. The van der Waals surface area contributed by atoms with Crippen LogP contribution < -0.4 is 5.32 Å². The molecule has 5 heteroatoms. The molecule has 5 nitrogen and oxygen atoms in total. The third-order valence-electron chi connectivity index (χ3n) is 5.19. The minimum atomic E-state index is 0.137. The summed E-state index contributed by atoms with van der Waals surface area (Å²) in [5.41, 5.74) is 3.59. The average molecular weight is 354 g/mol. The van der Waals surface area contributed by atoms with E-state index in [-0.39, 0.29) is 5.91 Å². The number of aromatic nitrogens is 2. The van der Waals surface area contributed by atoms with Gasteiger partial charge < -0.3 is 5.32 Å². The van der Waals surface area contributed by atoms with E-state index in [4.69, 9.17) is 0 Å². The van der Waals surface area contributed by atoms with Gasteiger partial charge in [0.05, 0.1) is 12.2 Å². The predicted octanol–water partition coefficient (Wildman–Crippen LogP) is 2.57. The fraction of sp³-hybridized carbons (Fsp3) is 0.524. The van der Waals surface area contributed by atoms with Gasteiger partial charge in [0.25, 0.3) is 0 Å². The van der Waals surface area contributed by atoms with Crippen molar-refractivity contribution < 1.29 is 4.79 Å². The molecule has 0 unspecified atom stereocenters. The van der Waals surface area contributed by atoms with E-state index in [1.165, 1.54) is 11.3 Å². The Morgan fingerprint density at radius 3 is 2.58 bits per heavy atom. The van der Waals surface area contributed by atoms with E-state index < -0.39 is 0 Å². The second-order valence-electron chi connectivity index (χ2n) is 7.41. The molecule has 0 atom stereocenters. The molecule has 0 aliphatic carbocycles. The Bertz CT molecular complexity index is 702. The topological polar surface area (TPSA) is 50.2 Å². The highest BCUT2D eigenvalue weighted by Crippen LogP contribution is 2.19. The van der Waals surface area contributed by atoms with E-state index in [2.05, 4.69) is 45.1 Å². The van der Waals surface area contributed by atoms with Crippen LogP contribution in [0.5, 0.6) is 0 Å². The number of nitrogens with one attached hydrogen (secondary N) is 1. The maximum absolute atomic E-state index is 12.2. The molecule has 0 saturated carbocycles. The van der Waals surface area contributed by atoms with Gasteiger partial charge in [0, 0.05) is 18.8 Å². The third kappa shape index (κ3) is 5.43. The summed E-state index contributed by atoms with van der Waals surface area (Å²) >= 11 is 0. The Hall–Kier alpha value is -2.14. The van der Waals surface area contributed by atoms with Gasteiger partial charge in [-0.15, -0.1) is 0 Å². The number of benzene rings is 1. The van der Waals surface area contributed by atoms with Gasteiger partial charge in [0.15, 0.2) is 0 Å². The fourth-order valence-electron chi connectivity index (χ4n) is 3.68. The zero-order chi connectivity index (χ0) is 18.4. The first-order valence-corrected chi connectivity index (χ1v) is 9.64. The van der Waals surface area contributed by atoms with Crippen molar-refractivity contribution in [3.05, 3.63) is 53.3 Å². The third-order valence-corrected chi connectivity index (χ3v) is 5.19. The number of hydrogen-bond donors (Lipinski definition) is 1. The van der Waals surface area contributed by atoms with Crippen molar-refractivity contribution in [3.8, 4) is 0 Å². The smallest absolute Gasteiger partial charge is 0.234 e. The number of carbonyl (C=O) groups excluding carboxylic acids is 1. The number of amides is 1. The van der Waals surface area contributed by atoms with Gasteiger partial charge in [0.2, 0.25) is 5.91 Å². The molecule has 0 spiro atoms. The molecule has 2 heterocycles. The molecule has 1 fully saturated rings. The van der Waals surface area contributed by atoms with Crippen LogP contribution in [0.25, 0.3) is 0 Å². The summed E-state index contributed by atoms with van der Waals surface area (Å²) in [6.07, 6.45) is 3.16. The largest absolute Gasteiger partial charge is 0.355 e. The van der Waals surface area contributed by atoms with Crippen LogP contribution in [0.4, 0.5) is 0 Å². The second kappa shape index (κ2) is 8.99. The Morgan fingerprint density at radius 1 is 1.19 bits per heavy atom. The molecule has 1 aliphatic rings. The molecule has 1 amide bonds. The number of hydrogen-bond acceptors (Lipinski definition) is 3. The normalized spacial score (nSPS) is 15.9. The van der Waals surface area contributed by atoms with Crippen molar-refractivity contribution in [3.63, 3.8) is 0 Å². The van der Waals surface area contributed by atoms with Crippen molar-refractivity contribution >= 4 is 5.91 Å². The number of aryl methyl sites for hydroxylation is 2. The van der Waals surface area contributed by atoms with Crippen LogP contribution in [0.3, 0.4) is 0 Å². The lowest BCUT2D eigenvalue weighted by atomic mass is 9.97. The van der Waals surface area contributed by atoms with Crippen LogP contribution in [-0.2, 0) is 17.8 Å². The van der Waals surface area contributed by atoms with Gasteiger partial charge in [-0.05, 0) is 63.7 Å². The zero-order valence-electron chi connectivity index (χ0n) is 15.9. The summed E-state index contributed by atoms with van der Waals surface area (Å²) in [5.74, 6) is 0.795. The first kappa shape index (κ1) is 18.6. The van der Waals surface area contributed by atoms with Crippen molar-refractivity contribution in [2.45, 2.75) is 39.7 Å². The minimum absolute atomic E-state index is 0.137. The highest BCUT2D eigenvalue weighted by atomic mass is 16.2. The molecule has 1 N–H and O–H groups in total. The average Bonchev–Trinajstić information content (AvgIpc) is 2.95. The first-order chi connectivity index (χ1) is 12.6. The summed E-state index contributed by atoms with van der Waals surface area (Å²) in [6.45, 7) is 8.37. The highest BCUT2D eigenvalue weighted by Gasteiger charge is 2.21. The van der Waals surface area contributed by atoms with Gasteiger partial charge in [0.1, 0.15) is 0 Å². The molecule has 1 aromatic heterocycles. The van der Waals surface area contributed by atoms with E-state index >= 15 is 0 Å². The van der Waals surface area contributed by atoms with E-state index in [1.807, 2.05) is 25.1 Å². The summed E-state index contributed by atoms with van der Waals surface area (Å²) < 4.78 is 2.13. The Kier molecular flexibility index (Phi) is 6.45. The Labute approximate surface area is 156 Å². The first-order valence-electron chi connectivity index (χ1n) is 9.64. The predicted molar refractivity (Wildman–Crippen MR) is 104 cm³/mol. The van der Waals surface area contributed by atoms with Gasteiger partial charge in [-0.25, -0.2) is 0 Å². The monoisotopic (exact) mass is 354 g/mol. The lowest BCUT2D eigenvalue weighted by Gasteiger charge is -2.31. The summed E-state index contributed by atoms with van der Waals surface area (Å²) in [6, 6.07) is 12.4. The van der Waals surface area contributed by atoms with Crippen molar-refractivity contribution in [1.82, 2.24) is 20.0 Å². The molecular weight excluding hydrogens is 324 g/mol. The molecule has 140 valence electrons. The SMILES string of the molecule is Cc1cc(C)n(CC2CCN(CC(=O)NCCc3ccccc3)CC2)n1. The van der Waals surface area contributed by atoms with Crippen LogP contribution in [0.1, 0.15) is 29.8 Å². The van der Waals surface area contributed by atoms with Crippen LogP contribution >= 0.6 is 0 Å². The molecule has 1 aromatic carbocycles. The maximum atomic E-state index is 12.2. The Morgan fingerprint density at radius 2 is 1.92 bits per heavy atom. The van der Waals surface area contributed by atoms with Gasteiger partial charge in [-0.1, -0.05) is 30.3 Å². The molecule has 0 bridgehead atoms. The highest BCUT2D eigenvalue weighted by molar-refractivity contribution is 5.78.